The maximum absolute atomic E-state index is 13.1. The second-order valence-electron chi connectivity index (χ2n) is 19.3. The van der Waals surface area contributed by atoms with Gasteiger partial charge in [-0.1, -0.05) is 0 Å². The molecule has 0 radical (unpaired) electrons. The number of halogens is 2. The summed E-state index contributed by atoms with van der Waals surface area (Å²) in [6.45, 7) is 3.52. The second kappa shape index (κ2) is 29.1. The van der Waals surface area contributed by atoms with Gasteiger partial charge in [0, 0.05) is 51.4 Å². The lowest BCUT2D eigenvalue weighted by Gasteiger charge is -2.46. The van der Waals surface area contributed by atoms with Gasteiger partial charge in [-0.3, -0.25) is 9.59 Å². The zero-order chi connectivity index (χ0) is 54.5. The molecule has 2 aliphatic heterocycles. The lowest BCUT2D eigenvalue weighted by atomic mass is 9.85. The Hall–Kier alpha value is -6.08. The minimum absolute atomic E-state index is 0. The van der Waals surface area contributed by atoms with Crippen molar-refractivity contribution in [3.8, 4) is 69.0 Å². The summed E-state index contributed by atoms with van der Waals surface area (Å²) in [7, 11) is 23.8. The number of quaternary nitrogens is 2. The van der Waals surface area contributed by atoms with Crippen molar-refractivity contribution in [1.29, 1.82) is 0 Å². The van der Waals surface area contributed by atoms with Crippen LogP contribution < -0.4 is 81.7 Å². The molecule has 2 heterocycles. The monoisotopic (exact) mass is 1120 g/mol. The van der Waals surface area contributed by atoms with Gasteiger partial charge in [0.2, 0.25) is 23.0 Å². The predicted molar refractivity (Wildman–Crippen MR) is 282 cm³/mol. The fourth-order valence-corrected chi connectivity index (χ4v) is 11.2. The summed E-state index contributed by atoms with van der Waals surface area (Å²) in [6.07, 6.45) is 4.50. The van der Waals surface area contributed by atoms with Gasteiger partial charge >= 0.3 is 11.9 Å². The molecule has 0 saturated heterocycles. The summed E-state index contributed by atoms with van der Waals surface area (Å²) < 4.78 is 82.3. The van der Waals surface area contributed by atoms with E-state index in [1.54, 1.807) is 85.3 Å². The van der Waals surface area contributed by atoms with Gasteiger partial charge in [-0.15, -0.1) is 0 Å². The van der Waals surface area contributed by atoms with E-state index in [9.17, 15) is 9.59 Å². The van der Waals surface area contributed by atoms with Crippen LogP contribution in [0.1, 0.15) is 77.6 Å². The van der Waals surface area contributed by atoms with Gasteiger partial charge in [-0.2, -0.15) is 0 Å². The molecule has 0 saturated carbocycles. The third kappa shape index (κ3) is 14.0. The fraction of sp³-hybridized carbons (Fsp3) is 0.544. The smallest absolute Gasteiger partial charge is 0.305 e. The number of carbonyl (C=O) groups excluding carboxylic acids is 2. The molecular weight excluding hydrogens is 1040 g/mol. The Morgan fingerprint density at radius 3 is 1.00 bits per heavy atom. The zero-order valence-corrected chi connectivity index (χ0v) is 48.9. The number of methoxy groups -OCH3 is 12. The second-order valence-corrected chi connectivity index (χ2v) is 19.3. The normalized spacial score (nSPS) is 18.1. The van der Waals surface area contributed by atoms with Crippen LogP contribution in [-0.2, 0) is 44.7 Å². The highest BCUT2D eigenvalue weighted by Crippen LogP contribution is 2.53. The summed E-state index contributed by atoms with van der Waals surface area (Å²) in [4.78, 5) is 26.1. The molecule has 4 aromatic carbocycles. The van der Waals surface area contributed by atoms with Crippen LogP contribution in [0.5, 0.6) is 69.0 Å². The summed E-state index contributed by atoms with van der Waals surface area (Å²) >= 11 is 0. The molecule has 4 aromatic rings. The van der Waals surface area contributed by atoms with Crippen molar-refractivity contribution in [2.24, 2.45) is 0 Å². The summed E-state index contributed by atoms with van der Waals surface area (Å²) in [5, 5.41) is 0. The first kappa shape index (κ1) is 63.5. The van der Waals surface area contributed by atoms with Crippen molar-refractivity contribution in [3.05, 3.63) is 69.8 Å². The van der Waals surface area contributed by atoms with Crippen molar-refractivity contribution in [2.45, 2.75) is 69.9 Å². The summed E-state index contributed by atoms with van der Waals surface area (Å²) in [5.74, 6) is 6.13. The summed E-state index contributed by atoms with van der Waals surface area (Å²) in [5.41, 5.74) is 6.28. The van der Waals surface area contributed by atoms with E-state index in [1.807, 2.05) is 36.4 Å². The highest BCUT2D eigenvalue weighted by atomic mass is 35.5. The molecule has 0 aromatic heterocycles. The van der Waals surface area contributed by atoms with E-state index in [4.69, 9.17) is 66.3 Å². The summed E-state index contributed by atoms with van der Waals surface area (Å²) in [6, 6.07) is 11.8. The number of hydrogen-bond acceptors (Lipinski definition) is 16. The average Bonchev–Trinajstić information content (AvgIpc) is 3.42. The van der Waals surface area contributed by atoms with Crippen LogP contribution in [0.15, 0.2) is 36.4 Å². The Bertz CT molecular complexity index is 2390. The molecule has 0 spiro atoms. The Labute approximate surface area is 467 Å². The van der Waals surface area contributed by atoms with Gasteiger partial charge < -0.3 is 100 Å². The largest absolute Gasteiger partial charge is 1.00 e. The van der Waals surface area contributed by atoms with Crippen LogP contribution in [0.4, 0.5) is 0 Å². The standard InChI is InChI=1S/C57H80N2O16.2ClH/c1-58(24-20-38-34-46(66-7)54(70-11)56(72-13)50(38)40(58)28-36-30-42(62-3)52(68-9)43(31-36)63-4)22-16-26-74-48(60)18-15-19-49(61)75-27-17-23-59(2)25-21-39-35-47(67-8)55(71-12)57(73-14)51(39)41(59)29-37-32-44(64-5)53(69-10)45(33-37)65-6;;/h30-35,40-41H,15-29H2,1-14H3;2*1H/q+2;;/p-2. The SMILES string of the molecule is COc1cc(CC2c3c(cc(OC)c(OC)c3OC)CC[N+]2(C)CCCOC(=O)CCCC(=O)OCCC[N+]2(C)CCc3cc(OC)c(OC)c(OC)c3C2Cc2cc(OC)c(OC)c(OC)c2)cc(OC)c1OC.[Cl-].[Cl-]. The van der Waals surface area contributed by atoms with Crippen LogP contribution in [0.25, 0.3) is 0 Å². The van der Waals surface area contributed by atoms with Crippen LogP contribution in [0.2, 0.25) is 0 Å². The molecular formula is C57H80Cl2N2O16. The molecule has 0 aliphatic carbocycles. The Kier molecular flexibility index (Phi) is 23.9. The van der Waals surface area contributed by atoms with Gasteiger partial charge in [0.05, 0.1) is 150 Å². The number of carbonyl (C=O) groups is 2. The minimum Gasteiger partial charge on any atom is -1.00 e. The van der Waals surface area contributed by atoms with Gasteiger partial charge in [0.15, 0.2) is 46.0 Å². The van der Waals surface area contributed by atoms with Crippen molar-refractivity contribution >= 4 is 11.9 Å². The molecule has 6 rings (SSSR count). The number of likely N-dealkylation sites (N-methyl/N-ethyl adjacent to an activating group) is 2. The van der Waals surface area contributed by atoms with Gasteiger partial charge in [0.1, 0.15) is 12.1 Å². The van der Waals surface area contributed by atoms with Crippen molar-refractivity contribution in [1.82, 2.24) is 0 Å². The maximum atomic E-state index is 13.1. The lowest BCUT2D eigenvalue weighted by Crippen LogP contribution is -3.00. The van der Waals surface area contributed by atoms with Crippen LogP contribution in [-0.4, -0.2) is 160 Å². The first-order valence-corrected chi connectivity index (χ1v) is 25.4. The highest BCUT2D eigenvalue weighted by Gasteiger charge is 2.45. The van der Waals surface area contributed by atoms with Crippen LogP contribution in [0, 0.1) is 0 Å². The van der Waals surface area contributed by atoms with Crippen molar-refractivity contribution in [2.75, 3.05) is 139 Å². The quantitative estimate of drug-likeness (QED) is 0.0462. The molecule has 20 heteroatoms. The maximum Gasteiger partial charge on any atom is 0.305 e. The van der Waals surface area contributed by atoms with Gasteiger partial charge in [0.25, 0.3) is 0 Å². The third-order valence-corrected chi connectivity index (χ3v) is 15.1. The number of nitrogens with zero attached hydrogens (tertiary/aromatic N) is 2. The Morgan fingerprint density at radius 2 is 0.714 bits per heavy atom. The zero-order valence-electron chi connectivity index (χ0n) is 47.4. The number of rotatable bonds is 28. The van der Waals surface area contributed by atoms with E-state index < -0.39 is 0 Å². The van der Waals surface area contributed by atoms with E-state index in [2.05, 4.69) is 14.1 Å². The number of fused-ring (bicyclic) bond motifs is 2. The average molecular weight is 1120 g/mol. The number of benzene rings is 4. The molecule has 0 amide bonds. The van der Waals surface area contributed by atoms with E-state index in [-0.39, 0.29) is 74.9 Å². The number of esters is 2. The fourth-order valence-electron chi connectivity index (χ4n) is 11.2. The van der Waals surface area contributed by atoms with E-state index in [0.29, 0.717) is 123 Å². The van der Waals surface area contributed by atoms with Gasteiger partial charge in [-0.05, 0) is 65.1 Å². The number of hydrogen-bond donors (Lipinski definition) is 0. The third-order valence-electron chi connectivity index (χ3n) is 15.1. The van der Waals surface area contributed by atoms with Gasteiger partial charge in [-0.25, -0.2) is 0 Å². The topological polar surface area (TPSA) is 163 Å². The van der Waals surface area contributed by atoms with Crippen LogP contribution >= 0.6 is 0 Å². The van der Waals surface area contributed by atoms with Crippen LogP contribution in [0.3, 0.4) is 0 Å². The first-order valence-electron chi connectivity index (χ1n) is 25.4. The first-order chi connectivity index (χ1) is 36.2. The molecule has 428 valence electrons. The minimum atomic E-state index is -0.354. The molecule has 18 nitrogen and oxygen atoms in total. The Balaban J connectivity index is 0.00000640. The van der Waals surface area contributed by atoms with E-state index in [0.717, 1.165) is 59.3 Å². The highest BCUT2D eigenvalue weighted by molar-refractivity contribution is 5.72. The molecule has 4 atom stereocenters. The molecule has 0 fully saturated rings. The van der Waals surface area contributed by atoms with Crippen molar-refractivity contribution in [3.63, 3.8) is 0 Å². The van der Waals surface area contributed by atoms with E-state index >= 15 is 0 Å². The Morgan fingerprint density at radius 1 is 0.416 bits per heavy atom. The lowest BCUT2D eigenvalue weighted by molar-refractivity contribution is -0.941. The predicted octanol–water partition coefficient (Wildman–Crippen LogP) is 2.11. The molecule has 2 aliphatic rings. The number of ether oxygens (including phenoxy) is 14. The molecule has 0 bridgehead atoms. The molecule has 4 unspecified atom stereocenters. The van der Waals surface area contributed by atoms with Crippen molar-refractivity contribution < 1.29 is 110 Å². The molecule has 0 N–H and O–H groups in total. The molecule has 77 heavy (non-hydrogen) atoms. The van der Waals surface area contributed by atoms with E-state index in [1.165, 1.54) is 0 Å².